The Morgan fingerprint density at radius 3 is 2.50 bits per heavy atom. The molecule has 2 heterocycles. The van der Waals surface area contributed by atoms with Crippen LogP contribution in [0.25, 0.3) is 10.9 Å². The second-order valence-electron chi connectivity index (χ2n) is 3.08. The molecule has 0 saturated carbocycles. The third-order valence-corrected chi connectivity index (χ3v) is 2.03. The Bertz CT molecular complexity index is 443. The Labute approximate surface area is 93.4 Å². The van der Waals surface area contributed by atoms with Gasteiger partial charge >= 0.3 is 0 Å². The topological polar surface area (TPSA) is 57.1 Å². The van der Waals surface area contributed by atoms with E-state index in [1.54, 1.807) is 6.20 Å². The van der Waals surface area contributed by atoms with E-state index in [4.69, 9.17) is 9.47 Å². The van der Waals surface area contributed by atoms with Gasteiger partial charge in [0.15, 0.2) is 0 Å². The van der Waals surface area contributed by atoms with E-state index in [2.05, 4.69) is 15.2 Å². The lowest BCUT2D eigenvalue weighted by atomic mass is 10.3. The zero-order chi connectivity index (χ0) is 11.4. The van der Waals surface area contributed by atoms with Crippen molar-refractivity contribution in [2.75, 3.05) is 13.2 Å². The number of ether oxygens (including phenoxy) is 2. The average Bonchev–Trinajstić information content (AvgIpc) is 2.33. The molecule has 0 aliphatic heterocycles. The summed E-state index contributed by atoms with van der Waals surface area (Å²) in [4.78, 5) is 4.24. The van der Waals surface area contributed by atoms with Crippen LogP contribution in [-0.4, -0.2) is 28.4 Å². The van der Waals surface area contributed by atoms with Crippen molar-refractivity contribution in [1.82, 2.24) is 15.2 Å². The predicted octanol–water partition coefficient (Wildman–Crippen LogP) is 1.82. The van der Waals surface area contributed by atoms with Gasteiger partial charge in [-0.2, -0.15) is 0 Å². The minimum absolute atomic E-state index is 0.446. The maximum Gasteiger partial charge on any atom is 0.260 e. The highest BCUT2D eigenvalue weighted by atomic mass is 16.5. The molecule has 0 radical (unpaired) electrons. The van der Waals surface area contributed by atoms with Crippen LogP contribution in [0.5, 0.6) is 11.8 Å². The monoisotopic (exact) mass is 219 g/mol. The number of rotatable bonds is 4. The summed E-state index contributed by atoms with van der Waals surface area (Å²) in [5, 5.41) is 8.76. The van der Waals surface area contributed by atoms with Crippen molar-refractivity contribution in [3.8, 4) is 11.8 Å². The molecule has 0 amide bonds. The van der Waals surface area contributed by atoms with Crippen molar-refractivity contribution < 1.29 is 9.47 Å². The quantitative estimate of drug-likeness (QED) is 0.785. The smallest absolute Gasteiger partial charge is 0.260 e. The number of hydrogen-bond acceptors (Lipinski definition) is 5. The predicted molar refractivity (Wildman–Crippen MR) is 59.7 cm³/mol. The Hall–Kier alpha value is -1.91. The van der Waals surface area contributed by atoms with Crippen molar-refractivity contribution in [1.29, 1.82) is 0 Å². The molecular formula is C11H13N3O2. The first-order valence-corrected chi connectivity index (χ1v) is 5.23. The molecule has 0 bridgehead atoms. The third kappa shape index (κ3) is 1.88. The normalized spacial score (nSPS) is 10.4. The fraction of sp³-hybridized carbons (Fsp3) is 0.364. The summed E-state index contributed by atoms with van der Waals surface area (Å²) in [6, 6.07) is 3.73. The molecule has 16 heavy (non-hydrogen) atoms. The zero-order valence-electron chi connectivity index (χ0n) is 9.30. The van der Waals surface area contributed by atoms with E-state index in [0.29, 0.717) is 30.5 Å². The molecule has 0 spiro atoms. The molecular weight excluding hydrogens is 206 g/mol. The van der Waals surface area contributed by atoms with Gasteiger partial charge in [0, 0.05) is 6.20 Å². The lowest BCUT2D eigenvalue weighted by molar-refractivity contribution is 0.309. The summed E-state index contributed by atoms with van der Waals surface area (Å²) < 4.78 is 10.7. The van der Waals surface area contributed by atoms with E-state index in [1.807, 2.05) is 26.0 Å². The van der Waals surface area contributed by atoms with Crippen LogP contribution in [0.15, 0.2) is 18.3 Å². The van der Waals surface area contributed by atoms with Crippen LogP contribution in [0.1, 0.15) is 13.8 Å². The summed E-state index contributed by atoms with van der Waals surface area (Å²) in [6.07, 6.45) is 1.70. The number of aromatic nitrogens is 3. The average molecular weight is 219 g/mol. The van der Waals surface area contributed by atoms with Gasteiger partial charge < -0.3 is 9.47 Å². The van der Waals surface area contributed by atoms with Gasteiger partial charge in [-0.05, 0) is 26.0 Å². The first-order valence-electron chi connectivity index (χ1n) is 5.23. The van der Waals surface area contributed by atoms with Crippen LogP contribution in [0, 0.1) is 0 Å². The standard InChI is InChI=1S/C11H13N3O2/c1-3-15-10-8-6-5-7-12-9(8)11(14-13-10)16-4-2/h5-7H,3-4H2,1-2H3. The van der Waals surface area contributed by atoms with E-state index in [0.717, 1.165) is 5.39 Å². The molecule has 84 valence electrons. The maximum atomic E-state index is 5.38. The van der Waals surface area contributed by atoms with E-state index in [1.165, 1.54) is 0 Å². The number of fused-ring (bicyclic) bond motifs is 1. The number of pyridine rings is 1. The van der Waals surface area contributed by atoms with Crippen molar-refractivity contribution >= 4 is 10.9 Å². The fourth-order valence-corrected chi connectivity index (χ4v) is 1.42. The van der Waals surface area contributed by atoms with Crippen molar-refractivity contribution in [3.05, 3.63) is 18.3 Å². The molecule has 0 fully saturated rings. The van der Waals surface area contributed by atoms with Gasteiger partial charge in [0.2, 0.25) is 5.88 Å². The second-order valence-corrected chi connectivity index (χ2v) is 3.08. The largest absolute Gasteiger partial charge is 0.476 e. The molecule has 0 aliphatic rings. The third-order valence-electron chi connectivity index (χ3n) is 2.03. The van der Waals surface area contributed by atoms with Gasteiger partial charge in [0.1, 0.15) is 5.52 Å². The first-order chi connectivity index (χ1) is 7.86. The van der Waals surface area contributed by atoms with Gasteiger partial charge in [-0.25, -0.2) is 0 Å². The van der Waals surface area contributed by atoms with Crippen LogP contribution in [-0.2, 0) is 0 Å². The van der Waals surface area contributed by atoms with Crippen molar-refractivity contribution in [2.45, 2.75) is 13.8 Å². The fourth-order valence-electron chi connectivity index (χ4n) is 1.42. The molecule has 2 aromatic heterocycles. The Kier molecular flexibility index (Phi) is 3.14. The van der Waals surface area contributed by atoms with E-state index in [9.17, 15) is 0 Å². The minimum Gasteiger partial charge on any atom is -0.476 e. The van der Waals surface area contributed by atoms with E-state index >= 15 is 0 Å². The Morgan fingerprint density at radius 2 is 1.75 bits per heavy atom. The maximum absolute atomic E-state index is 5.38. The lowest BCUT2D eigenvalue weighted by Gasteiger charge is -2.08. The van der Waals surface area contributed by atoms with Crippen molar-refractivity contribution in [3.63, 3.8) is 0 Å². The summed E-state index contributed by atoms with van der Waals surface area (Å²) >= 11 is 0. The summed E-state index contributed by atoms with van der Waals surface area (Å²) in [5.41, 5.74) is 0.683. The van der Waals surface area contributed by atoms with Gasteiger partial charge in [-0.1, -0.05) is 0 Å². The van der Waals surface area contributed by atoms with Gasteiger partial charge in [0.25, 0.3) is 5.88 Å². The number of hydrogen-bond donors (Lipinski definition) is 0. The van der Waals surface area contributed by atoms with E-state index in [-0.39, 0.29) is 0 Å². The lowest BCUT2D eigenvalue weighted by Crippen LogP contribution is -2.02. The summed E-state index contributed by atoms with van der Waals surface area (Å²) in [6.45, 7) is 4.88. The summed E-state index contributed by atoms with van der Waals surface area (Å²) in [7, 11) is 0. The van der Waals surface area contributed by atoms with Crippen LogP contribution in [0.4, 0.5) is 0 Å². The molecule has 0 aromatic carbocycles. The number of nitrogens with zero attached hydrogens (tertiary/aromatic N) is 3. The molecule has 0 saturated heterocycles. The highest BCUT2D eigenvalue weighted by Gasteiger charge is 2.11. The van der Waals surface area contributed by atoms with Gasteiger partial charge in [-0.3, -0.25) is 4.98 Å². The SMILES string of the molecule is CCOc1nnc(OCC)c2ncccc12. The molecule has 0 atom stereocenters. The molecule has 0 unspecified atom stereocenters. The van der Waals surface area contributed by atoms with Crippen LogP contribution >= 0.6 is 0 Å². The molecule has 0 aliphatic carbocycles. The van der Waals surface area contributed by atoms with Crippen LogP contribution in [0.2, 0.25) is 0 Å². The molecule has 5 heteroatoms. The molecule has 2 aromatic rings. The zero-order valence-corrected chi connectivity index (χ0v) is 9.30. The highest BCUT2D eigenvalue weighted by Crippen LogP contribution is 2.26. The molecule has 2 rings (SSSR count). The molecule has 5 nitrogen and oxygen atoms in total. The Morgan fingerprint density at radius 1 is 1.06 bits per heavy atom. The van der Waals surface area contributed by atoms with Gasteiger partial charge in [-0.15, -0.1) is 10.2 Å². The van der Waals surface area contributed by atoms with Crippen molar-refractivity contribution in [2.24, 2.45) is 0 Å². The van der Waals surface area contributed by atoms with Gasteiger partial charge in [0.05, 0.1) is 18.6 Å². The van der Waals surface area contributed by atoms with Crippen LogP contribution in [0.3, 0.4) is 0 Å². The van der Waals surface area contributed by atoms with E-state index < -0.39 is 0 Å². The minimum atomic E-state index is 0.446. The Balaban J connectivity index is 2.57. The first kappa shape index (κ1) is 10.6. The van der Waals surface area contributed by atoms with Crippen LogP contribution < -0.4 is 9.47 Å². The molecule has 0 N–H and O–H groups in total. The summed E-state index contributed by atoms with van der Waals surface area (Å²) in [5.74, 6) is 0.940. The second kappa shape index (κ2) is 4.74. The highest BCUT2D eigenvalue weighted by molar-refractivity contribution is 5.86.